The van der Waals surface area contributed by atoms with E-state index in [0.717, 1.165) is 29.0 Å². The minimum atomic E-state index is -0.128. The first-order valence-electron chi connectivity index (χ1n) is 8.21. The van der Waals surface area contributed by atoms with E-state index in [1.54, 1.807) is 12.1 Å². The number of halogens is 1. The van der Waals surface area contributed by atoms with E-state index in [4.69, 9.17) is 16.3 Å². The molecule has 0 bridgehead atoms. The van der Waals surface area contributed by atoms with Gasteiger partial charge in [-0.15, -0.1) is 0 Å². The Morgan fingerprint density at radius 2 is 1.96 bits per heavy atom. The van der Waals surface area contributed by atoms with E-state index < -0.39 is 0 Å². The summed E-state index contributed by atoms with van der Waals surface area (Å²) in [7, 11) is 0. The normalized spacial score (nSPS) is 15.7. The smallest absolute Gasteiger partial charge is 0.267 e. The van der Waals surface area contributed by atoms with Crippen molar-refractivity contribution in [2.24, 2.45) is 0 Å². The predicted octanol–water partition coefficient (Wildman–Crippen LogP) is 3.94. The highest BCUT2D eigenvalue weighted by Crippen LogP contribution is 2.32. The van der Waals surface area contributed by atoms with Gasteiger partial charge in [0, 0.05) is 23.1 Å². The molecule has 0 unspecified atom stereocenters. The Bertz CT molecular complexity index is 980. The molecule has 0 fully saturated rings. The maximum absolute atomic E-state index is 12.2. The molecule has 0 radical (unpaired) electrons. The Balaban J connectivity index is 1.67. The number of fused-ring (bicyclic) bond motifs is 1. The van der Waals surface area contributed by atoms with Gasteiger partial charge >= 0.3 is 0 Å². The molecule has 0 aliphatic carbocycles. The van der Waals surface area contributed by atoms with Crippen molar-refractivity contribution in [1.29, 1.82) is 0 Å². The van der Waals surface area contributed by atoms with Crippen LogP contribution in [0.1, 0.15) is 18.1 Å². The Kier molecular flexibility index (Phi) is 4.06. The minimum absolute atomic E-state index is 0.128. The fraction of sp³-hybridized carbons (Fsp3) is 0.200. The molecule has 0 saturated heterocycles. The van der Waals surface area contributed by atoms with Gasteiger partial charge in [-0.25, -0.2) is 4.68 Å². The quantitative estimate of drug-likeness (QED) is 0.717. The van der Waals surface area contributed by atoms with Crippen LogP contribution in [0.25, 0.3) is 11.3 Å². The van der Waals surface area contributed by atoms with Gasteiger partial charge in [-0.2, -0.15) is 5.10 Å². The predicted molar refractivity (Wildman–Crippen MR) is 98.3 cm³/mol. The summed E-state index contributed by atoms with van der Waals surface area (Å²) in [6.45, 7) is 2.47. The van der Waals surface area contributed by atoms with Gasteiger partial charge in [0.15, 0.2) is 0 Å². The van der Waals surface area contributed by atoms with Crippen LogP contribution in [-0.2, 0) is 13.0 Å². The summed E-state index contributed by atoms with van der Waals surface area (Å²) in [6, 6.07) is 16.8. The molecular formula is C20H17ClN2O2. The molecule has 1 aromatic heterocycles. The third-order valence-electron chi connectivity index (χ3n) is 4.30. The van der Waals surface area contributed by atoms with E-state index in [1.165, 1.54) is 10.2 Å². The fourth-order valence-corrected chi connectivity index (χ4v) is 3.19. The highest BCUT2D eigenvalue weighted by Gasteiger charge is 2.19. The summed E-state index contributed by atoms with van der Waals surface area (Å²) >= 11 is 5.91. The maximum Gasteiger partial charge on any atom is 0.267 e. The average Bonchev–Trinajstić information content (AvgIpc) is 2.98. The van der Waals surface area contributed by atoms with Gasteiger partial charge in [-0.3, -0.25) is 4.79 Å². The van der Waals surface area contributed by atoms with Crippen LogP contribution >= 0.6 is 11.6 Å². The molecule has 0 N–H and O–H groups in total. The Morgan fingerprint density at radius 3 is 2.76 bits per heavy atom. The van der Waals surface area contributed by atoms with Crippen molar-refractivity contribution in [3.63, 3.8) is 0 Å². The second-order valence-corrected chi connectivity index (χ2v) is 6.73. The largest absolute Gasteiger partial charge is 0.490 e. The number of nitrogens with zero attached hydrogens (tertiary/aromatic N) is 2. The summed E-state index contributed by atoms with van der Waals surface area (Å²) < 4.78 is 7.22. The van der Waals surface area contributed by atoms with Gasteiger partial charge < -0.3 is 4.74 Å². The summed E-state index contributed by atoms with van der Waals surface area (Å²) in [6.07, 6.45) is 1.10. The summed E-state index contributed by atoms with van der Waals surface area (Å²) in [4.78, 5) is 12.2. The van der Waals surface area contributed by atoms with Crippen molar-refractivity contribution in [3.8, 4) is 17.0 Å². The molecule has 4 rings (SSSR count). The Hall–Kier alpha value is -2.59. The van der Waals surface area contributed by atoms with Crippen LogP contribution in [-0.4, -0.2) is 15.9 Å². The molecule has 0 spiro atoms. The number of aromatic nitrogens is 2. The summed E-state index contributed by atoms with van der Waals surface area (Å²) in [5.41, 5.74) is 3.80. The first-order valence-corrected chi connectivity index (χ1v) is 8.59. The number of hydrogen-bond donors (Lipinski definition) is 0. The van der Waals surface area contributed by atoms with Crippen LogP contribution in [0.2, 0.25) is 5.02 Å². The molecular weight excluding hydrogens is 336 g/mol. The highest BCUT2D eigenvalue weighted by molar-refractivity contribution is 6.30. The van der Waals surface area contributed by atoms with Crippen molar-refractivity contribution in [3.05, 3.63) is 81.1 Å². The van der Waals surface area contributed by atoms with Gasteiger partial charge in [-0.05, 0) is 54.4 Å². The molecule has 5 heteroatoms. The molecule has 1 aliphatic rings. The lowest BCUT2D eigenvalue weighted by atomic mass is 10.0. The van der Waals surface area contributed by atoms with Crippen molar-refractivity contribution in [1.82, 2.24) is 9.78 Å². The van der Waals surface area contributed by atoms with Crippen molar-refractivity contribution >= 4 is 11.6 Å². The molecule has 126 valence electrons. The number of benzene rings is 2. The van der Waals surface area contributed by atoms with Crippen LogP contribution in [0, 0.1) is 0 Å². The molecule has 25 heavy (non-hydrogen) atoms. The lowest BCUT2D eigenvalue weighted by molar-refractivity contribution is 0.254. The minimum Gasteiger partial charge on any atom is -0.490 e. The topological polar surface area (TPSA) is 44.1 Å². The van der Waals surface area contributed by atoms with E-state index in [1.807, 2.05) is 36.4 Å². The SMILES string of the molecule is C[C@H]1Cc2cc(-c3ccc(=O)n(Cc4ccc(Cl)cc4)n3)ccc2O1. The average molecular weight is 353 g/mol. The van der Waals surface area contributed by atoms with E-state index in [9.17, 15) is 4.79 Å². The number of ether oxygens (including phenoxy) is 1. The molecule has 1 aliphatic heterocycles. The van der Waals surface area contributed by atoms with Gasteiger partial charge in [0.1, 0.15) is 11.9 Å². The van der Waals surface area contributed by atoms with Crippen LogP contribution in [0.3, 0.4) is 0 Å². The highest BCUT2D eigenvalue weighted by atomic mass is 35.5. The van der Waals surface area contributed by atoms with E-state index in [0.29, 0.717) is 11.6 Å². The Morgan fingerprint density at radius 1 is 1.16 bits per heavy atom. The van der Waals surface area contributed by atoms with E-state index in [-0.39, 0.29) is 11.7 Å². The summed E-state index contributed by atoms with van der Waals surface area (Å²) in [5.74, 6) is 0.936. The zero-order valence-electron chi connectivity index (χ0n) is 13.8. The fourth-order valence-electron chi connectivity index (χ4n) is 3.06. The number of hydrogen-bond acceptors (Lipinski definition) is 3. The molecule has 2 heterocycles. The standard InChI is InChI=1S/C20H17ClN2O2/c1-13-10-16-11-15(4-8-19(16)25-13)18-7-9-20(24)23(22-18)12-14-2-5-17(21)6-3-14/h2-9,11,13H,10,12H2,1H3/t13-/m0/s1. The zero-order valence-corrected chi connectivity index (χ0v) is 14.5. The molecule has 2 aromatic carbocycles. The van der Waals surface area contributed by atoms with Gasteiger partial charge in [-0.1, -0.05) is 23.7 Å². The van der Waals surface area contributed by atoms with Crippen LogP contribution < -0.4 is 10.3 Å². The third-order valence-corrected chi connectivity index (χ3v) is 4.56. The van der Waals surface area contributed by atoms with Gasteiger partial charge in [0.05, 0.1) is 12.2 Å². The summed E-state index contributed by atoms with van der Waals surface area (Å²) in [5, 5.41) is 5.21. The molecule has 4 nitrogen and oxygen atoms in total. The van der Waals surface area contributed by atoms with Crippen molar-refractivity contribution in [2.45, 2.75) is 26.0 Å². The van der Waals surface area contributed by atoms with Crippen molar-refractivity contribution in [2.75, 3.05) is 0 Å². The monoisotopic (exact) mass is 352 g/mol. The third kappa shape index (κ3) is 3.30. The molecule has 3 aromatic rings. The van der Waals surface area contributed by atoms with E-state index >= 15 is 0 Å². The number of rotatable bonds is 3. The second kappa shape index (κ2) is 6.37. The molecule has 0 amide bonds. The lowest BCUT2D eigenvalue weighted by Crippen LogP contribution is -2.22. The zero-order chi connectivity index (χ0) is 17.4. The Labute approximate surface area is 150 Å². The van der Waals surface area contributed by atoms with E-state index in [2.05, 4.69) is 18.1 Å². The second-order valence-electron chi connectivity index (χ2n) is 6.30. The molecule has 1 atom stereocenters. The van der Waals surface area contributed by atoms with Crippen molar-refractivity contribution < 1.29 is 4.74 Å². The van der Waals surface area contributed by atoms with Crippen LogP contribution in [0.4, 0.5) is 0 Å². The first kappa shape index (κ1) is 15.9. The van der Waals surface area contributed by atoms with Gasteiger partial charge in [0.25, 0.3) is 5.56 Å². The van der Waals surface area contributed by atoms with Crippen LogP contribution in [0.5, 0.6) is 5.75 Å². The van der Waals surface area contributed by atoms with Gasteiger partial charge in [0.2, 0.25) is 0 Å². The maximum atomic E-state index is 12.2. The lowest BCUT2D eigenvalue weighted by Gasteiger charge is -2.08. The first-order chi connectivity index (χ1) is 12.1. The van der Waals surface area contributed by atoms with Crippen LogP contribution in [0.15, 0.2) is 59.4 Å². The molecule has 0 saturated carbocycles.